The summed E-state index contributed by atoms with van der Waals surface area (Å²) in [4.78, 5) is 34.7. The second-order valence-corrected chi connectivity index (χ2v) is 6.15. The molecule has 0 aliphatic rings. The molecule has 0 saturated heterocycles. The Morgan fingerprint density at radius 2 is 1.69 bits per heavy atom. The second-order valence-electron chi connectivity index (χ2n) is 5.74. The Hall–Kier alpha value is -3.07. The quantitative estimate of drug-likeness (QED) is 0.529. The van der Waals surface area contributed by atoms with Crippen molar-refractivity contribution < 1.29 is 37.0 Å². The van der Waals surface area contributed by atoms with Gasteiger partial charge in [-0.3, -0.25) is 9.59 Å². The summed E-state index contributed by atoms with van der Waals surface area (Å²) in [6.07, 6.45) is -4.73. The van der Waals surface area contributed by atoms with Crippen molar-refractivity contribution in [1.29, 1.82) is 0 Å². The first-order valence-electron chi connectivity index (χ1n) is 8.13. The minimum atomic E-state index is -4.73. The number of rotatable bonds is 7. The number of carbonyl (C=O) groups is 3. The Morgan fingerprint density at radius 3 is 2.28 bits per heavy atom. The van der Waals surface area contributed by atoms with E-state index in [0.717, 1.165) is 12.1 Å². The van der Waals surface area contributed by atoms with Crippen LogP contribution in [0.25, 0.3) is 0 Å². The van der Waals surface area contributed by atoms with Crippen LogP contribution in [-0.2, 0) is 20.5 Å². The first kappa shape index (κ1) is 22.2. The molecule has 2 aromatic rings. The van der Waals surface area contributed by atoms with Gasteiger partial charge in [0.1, 0.15) is 5.75 Å². The van der Waals surface area contributed by atoms with Crippen LogP contribution in [0.3, 0.4) is 0 Å². The van der Waals surface area contributed by atoms with Crippen molar-refractivity contribution >= 4 is 34.9 Å². The molecule has 29 heavy (non-hydrogen) atoms. The molecule has 1 N–H and O–H groups in total. The lowest BCUT2D eigenvalue weighted by Crippen LogP contribution is -2.25. The highest BCUT2D eigenvalue weighted by Crippen LogP contribution is 2.38. The van der Waals surface area contributed by atoms with Gasteiger partial charge in [0.2, 0.25) is 0 Å². The lowest BCUT2D eigenvalue weighted by molar-refractivity contribution is -0.149. The Balaban J connectivity index is 1.86. The maximum absolute atomic E-state index is 13.0. The van der Waals surface area contributed by atoms with E-state index in [1.165, 1.54) is 37.3 Å². The molecule has 0 aromatic heterocycles. The molecule has 0 aliphatic carbocycles. The van der Waals surface area contributed by atoms with E-state index in [9.17, 15) is 27.6 Å². The van der Waals surface area contributed by atoms with Gasteiger partial charge in [-0.2, -0.15) is 13.2 Å². The van der Waals surface area contributed by atoms with Crippen molar-refractivity contribution in [2.24, 2.45) is 0 Å². The van der Waals surface area contributed by atoms with Gasteiger partial charge < -0.3 is 14.8 Å². The van der Waals surface area contributed by atoms with Crippen molar-refractivity contribution in [1.82, 2.24) is 0 Å². The highest BCUT2D eigenvalue weighted by molar-refractivity contribution is 6.34. The SMILES string of the molecule is CC(=O)c1ccc(OCC(=O)OCC(=O)Nc2c(Cl)cccc2C(F)(F)F)cc1. The third kappa shape index (κ3) is 6.49. The Bertz CT molecular complexity index is 913. The van der Waals surface area contributed by atoms with E-state index in [-0.39, 0.29) is 10.8 Å². The van der Waals surface area contributed by atoms with Gasteiger partial charge in [0, 0.05) is 5.56 Å². The van der Waals surface area contributed by atoms with Gasteiger partial charge in [-0.15, -0.1) is 0 Å². The summed E-state index contributed by atoms with van der Waals surface area (Å²) in [7, 11) is 0. The summed E-state index contributed by atoms with van der Waals surface area (Å²) in [6, 6.07) is 9.03. The second kappa shape index (κ2) is 9.42. The van der Waals surface area contributed by atoms with Gasteiger partial charge in [0.25, 0.3) is 5.91 Å². The first-order valence-corrected chi connectivity index (χ1v) is 8.50. The average molecular weight is 430 g/mol. The van der Waals surface area contributed by atoms with Crippen LogP contribution in [0.2, 0.25) is 5.02 Å². The number of alkyl halides is 3. The molecule has 0 saturated carbocycles. The lowest BCUT2D eigenvalue weighted by atomic mass is 10.1. The number of esters is 1. The van der Waals surface area contributed by atoms with Crippen molar-refractivity contribution in [3.05, 3.63) is 58.6 Å². The van der Waals surface area contributed by atoms with Crippen molar-refractivity contribution in [3.63, 3.8) is 0 Å². The summed E-state index contributed by atoms with van der Waals surface area (Å²) >= 11 is 5.73. The number of anilines is 1. The van der Waals surface area contributed by atoms with Crippen LogP contribution in [0.15, 0.2) is 42.5 Å². The van der Waals surface area contributed by atoms with E-state index in [2.05, 4.69) is 4.74 Å². The summed E-state index contributed by atoms with van der Waals surface area (Å²) in [6.45, 7) is 0.0408. The number of hydrogen-bond donors (Lipinski definition) is 1. The van der Waals surface area contributed by atoms with Crippen LogP contribution in [0.4, 0.5) is 18.9 Å². The van der Waals surface area contributed by atoms with Crippen LogP contribution in [0.1, 0.15) is 22.8 Å². The van der Waals surface area contributed by atoms with Crippen LogP contribution >= 0.6 is 11.6 Å². The van der Waals surface area contributed by atoms with Gasteiger partial charge in [-0.1, -0.05) is 17.7 Å². The summed E-state index contributed by atoms with van der Waals surface area (Å²) < 4.78 is 48.8. The molecule has 0 spiro atoms. The highest BCUT2D eigenvalue weighted by Gasteiger charge is 2.34. The lowest BCUT2D eigenvalue weighted by Gasteiger charge is -2.15. The molecule has 1 amide bonds. The largest absolute Gasteiger partial charge is 0.482 e. The molecule has 0 fully saturated rings. The molecule has 0 unspecified atom stereocenters. The molecule has 2 aromatic carbocycles. The van der Waals surface area contributed by atoms with Crippen molar-refractivity contribution in [3.8, 4) is 5.75 Å². The van der Waals surface area contributed by atoms with E-state index in [1.807, 2.05) is 5.32 Å². The normalized spacial score (nSPS) is 10.9. The fourth-order valence-corrected chi connectivity index (χ4v) is 2.40. The number of amides is 1. The molecule has 154 valence electrons. The summed E-state index contributed by atoms with van der Waals surface area (Å²) in [5, 5.41) is 1.68. The molecule has 0 bridgehead atoms. The molecule has 0 atom stereocenters. The minimum absolute atomic E-state index is 0.130. The number of hydrogen-bond acceptors (Lipinski definition) is 5. The standard InChI is InChI=1S/C19H15ClF3NO5/c1-11(25)12-5-7-13(8-6-12)28-10-17(27)29-9-16(26)24-18-14(19(21,22)23)3-2-4-15(18)20/h2-8H,9-10H2,1H3,(H,24,26). The fraction of sp³-hybridized carbons (Fsp3) is 0.211. The Morgan fingerprint density at radius 1 is 1.03 bits per heavy atom. The van der Waals surface area contributed by atoms with Crippen molar-refractivity contribution in [2.45, 2.75) is 13.1 Å². The molecule has 6 nitrogen and oxygen atoms in total. The van der Waals surface area contributed by atoms with Crippen LogP contribution in [0.5, 0.6) is 5.75 Å². The van der Waals surface area contributed by atoms with E-state index in [1.54, 1.807) is 0 Å². The van der Waals surface area contributed by atoms with Gasteiger partial charge in [0.05, 0.1) is 16.3 Å². The zero-order chi connectivity index (χ0) is 21.6. The fourth-order valence-electron chi connectivity index (χ4n) is 2.18. The molecule has 2 rings (SSSR count). The summed E-state index contributed by atoms with van der Waals surface area (Å²) in [5.74, 6) is -1.75. The minimum Gasteiger partial charge on any atom is -0.482 e. The number of para-hydroxylation sites is 1. The highest BCUT2D eigenvalue weighted by atomic mass is 35.5. The predicted molar refractivity (Wildman–Crippen MR) is 98.0 cm³/mol. The zero-order valence-corrected chi connectivity index (χ0v) is 15.8. The third-order valence-electron chi connectivity index (χ3n) is 3.57. The van der Waals surface area contributed by atoms with Crippen molar-refractivity contribution in [2.75, 3.05) is 18.5 Å². The summed E-state index contributed by atoms with van der Waals surface area (Å²) in [5.41, 5.74) is -1.28. The molecule has 0 heterocycles. The Kier molecular flexibility index (Phi) is 7.22. The smallest absolute Gasteiger partial charge is 0.418 e. The zero-order valence-electron chi connectivity index (χ0n) is 15.0. The maximum atomic E-state index is 13.0. The molecular weight excluding hydrogens is 415 g/mol. The number of ketones is 1. The number of benzene rings is 2. The molecule has 0 aliphatic heterocycles. The van der Waals surface area contributed by atoms with Crippen LogP contribution < -0.4 is 10.1 Å². The van der Waals surface area contributed by atoms with Gasteiger partial charge in [-0.25, -0.2) is 4.79 Å². The topological polar surface area (TPSA) is 81.7 Å². The van der Waals surface area contributed by atoms with E-state index in [0.29, 0.717) is 11.3 Å². The van der Waals surface area contributed by atoms with Gasteiger partial charge in [0.15, 0.2) is 19.0 Å². The van der Waals surface area contributed by atoms with Crippen LogP contribution in [0, 0.1) is 0 Å². The predicted octanol–water partition coefficient (Wildman–Crippen LogP) is 4.12. The van der Waals surface area contributed by atoms with Gasteiger partial charge >= 0.3 is 12.1 Å². The number of ether oxygens (including phenoxy) is 2. The van der Waals surface area contributed by atoms with E-state index in [4.69, 9.17) is 16.3 Å². The molecule has 0 radical (unpaired) electrons. The number of nitrogens with one attached hydrogen (secondary N) is 1. The van der Waals surface area contributed by atoms with Gasteiger partial charge in [-0.05, 0) is 43.3 Å². The Labute approximate surface area is 168 Å². The average Bonchev–Trinajstić information content (AvgIpc) is 2.65. The van der Waals surface area contributed by atoms with E-state index < -0.39 is 42.5 Å². The molecule has 10 heteroatoms. The third-order valence-corrected chi connectivity index (χ3v) is 3.88. The number of Topliss-reactive ketones (excluding diaryl/α,β-unsaturated/α-hetero) is 1. The number of halogens is 4. The number of carbonyl (C=O) groups excluding carboxylic acids is 3. The van der Waals surface area contributed by atoms with E-state index >= 15 is 0 Å². The monoisotopic (exact) mass is 429 g/mol. The maximum Gasteiger partial charge on any atom is 0.418 e. The van der Waals surface area contributed by atoms with Crippen LogP contribution in [-0.4, -0.2) is 30.9 Å². The first-order chi connectivity index (χ1) is 13.6. The molecular formula is C19H15ClF3NO5.